The molecule has 0 saturated carbocycles. The molecule has 0 radical (unpaired) electrons. The van der Waals surface area contributed by atoms with Crippen molar-refractivity contribution in [2.24, 2.45) is 0 Å². The molecule has 0 unspecified atom stereocenters. The molecule has 0 spiro atoms. The standard InChI is InChI=1S/C23H25NO5/c1-22(2,3)29-18(25)15-23(4)21(27)28-20(17-13-9-6-10-14-17)24(23)19(26)16-11-7-5-8-12-16/h5-14,20H,15H2,1-4H3/t20-,23+/m0/s1. The minimum atomic E-state index is -1.49. The van der Waals surface area contributed by atoms with Crippen molar-refractivity contribution >= 4 is 17.8 Å². The van der Waals surface area contributed by atoms with E-state index in [1.165, 1.54) is 4.90 Å². The summed E-state index contributed by atoms with van der Waals surface area (Å²) in [5.74, 6) is -1.60. The minimum absolute atomic E-state index is 0.301. The molecule has 1 aliphatic rings. The van der Waals surface area contributed by atoms with E-state index in [9.17, 15) is 14.4 Å². The third-order valence-electron chi connectivity index (χ3n) is 4.66. The van der Waals surface area contributed by atoms with E-state index in [0.29, 0.717) is 11.1 Å². The lowest BCUT2D eigenvalue weighted by atomic mass is 9.94. The van der Waals surface area contributed by atoms with Gasteiger partial charge >= 0.3 is 11.9 Å². The maximum absolute atomic E-state index is 13.4. The molecular formula is C23H25NO5. The average Bonchev–Trinajstić information content (AvgIpc) is 2.91. The second kappa shape index (κ2) is 7.70. The van der Waals surface area contributed by atoms with E-state index in [-0.39, 0.29) is 6.42 Å². The Hall–Kier alpha value is -3.15. The van der Waals surface area contributed by atoms with Gasteiger partial charge in [-0.1, -0.05) is 48.5 Å². The molecule has 0 N–H and O–H groups in total. The highest BCUT2D eigenvalue weighted by Gasteiger charge is 2.56. The normalized spacial score (nSPS) is 21.6. The second-order valence-corrected chi connectivity index (χ2v) is 8.25. The average molecular weight is 395 g/mol. The molecule has 3 rings (SSSR count). The van der Waals surface area contributed by atoms with Gasteiger partial charge in [0.05, 0.1) is 6.42 Å². The Balaban J connectivity index is 2.02. The van der Waals surface area contributed by atoms with Gasteiger partial charge in [0.15, 0.2) is 5.54 Å². The van der Waals surface area contributed by atoms with Gasteiger partial charge in [-0.3, -0.25) is 14.5 Å². The molecule has 1 fully saturated rings. The van der Waals surface area contributed by atoms with E-state index in [1.807, 2.05) is 6.07 Å². The number of esters is 2. The van der Waals surface area contributed by atoms with Gasteiger partial charge in [-0.05, 0) is 39.8 Å². The number of benzene rings is 2. The highest BCUT2D eigenvalue weighted by Crippen LogP contribution is 2.41. The molecule has 1 aliphatic heterocycles. The van der Waals surface area contributed by atoms with Crippen LogP contribution in [-0.2, 0) is 19.1 Å². The zero-order valence-corrected chi connectivity index (χ0v) is 17.0. The van der Waals surface area contributed by atoms with Crippen LogP contribution in [0, 0.1) is 0 Å². The monoisotopic (exact) mass is 395 g/mol. The molecule has 6 nitrogen and oxygen atoms in total. The van der Waals surface area contributed by atoms with Gasteiger partial charge in [0.25, 0.3) is 5.91 Å². The lowest BCUT2D eigenvalue weighted by molar-refractivity contribution is -0.160. The van der Waals surface area contributed by atoms with Crippen LogP contribution in [-0.4, -0.2) is 33.9 Å². The SMILES string of the molecule is CC(C)(C)OC(=O)C[C@]1(C)C(=O)O[C@@H](c2ccccc2)N1C(=O)c1ccccc1. The number of carbonyl (C=O) groups is 3. The Morgan fingerprint density at radius 3 is 2.14 bits per heavy atom. The third kappa shape index (κ3) is 4.31. The predicted molar refractivity (Wildman–Crippen MR) is 107 cm³/mol. The number of amides is 1. The first-order valence-electron chi connectivity index (χ1n) is 9.48. The smallest absolute Gasteiger partial charge is 0.334 e. The first-order valence-corrected chi connectivity index (χ1v) is 9.48. The summed E-state index contributed by atoms with van der Waals surface area (Å²) >= 11 is 0. The molecule has 6 heteroatoms. The Labute approximate surface area is 170 Å². The summed E-state index contributed by atoms with van der Waals surface area (Å²) in [5.41, 5.74) is -1.14. The predicted octanol–water partition coefficient (Wildman–Crippen LogP) is 3.87. The molecule has 2 aromatic rings. The van der Waals surface area contributed by atoms with Crippen LogP contribution in [0.1, 0.15) is 56.3 Å². The molecule has 2 atom stereocenters. The van der Waals surface area contributed by atoms with Crippen molar-refractivity contribution in [3.05, 3.63) is 71.8 Å². The fourth-order valence-corrected chi connectivity index (χ4v) is 3.34. The van der Waals surface area contributed by atoms with Crippen LogP contribution < -0.4 is 0 Å². The summed E-state index contributed by atoms with van der Waals surface area (Å²) in [6.07, 6.45) is -1.23. The van der Waals surface area contributed by atoms with Crippen molar-refractivity contribution in [3.63, 3.8) is 0 Å². The van der Waals surface area contributed by atoms with Crippen molar-refractivity contribution in [3.8, 4) is 0 Å². The summed E-state index contributed by atoms with van der Waals surface area (Å²) in [6, 6.07) is 17.6. The van der Waals surface area contributed by atoms with Crippen molar-refractivity contribution in [2.75, 3.05) is 0 Å². The van der Waals surface area contributed by atoms with Crippen LogP contribution in [0.2, 0.25) is 0 Å². The van der Waals surface area contributed by atoms with Crippen molar-refractivity contribution < 1.29 is 23.9 Å². The van der Waals surface area contributed by atoms with Crippen molar-refractivity contribution in [2.45, 2.75) is 51.5 Å². The van der Waals surface area contributed by atoms with E-state index < -0.39 is 35.2 Å². The summed E-state index contributed by atoms with van der Waals surface area (Å²) in [4.78, 5) is 40.2. The second-order valence-electron chi connectivity index (χ2n) is 8.25. The zero-order valence-electron chi connectivity index (χ0n) is 17.0. The molecule has 1 heterocycles. The van der Waals surface area contributed by atoms with E-state index in [0.717, 1.165) is 0 Å². The fraction of sp³-hybridized carbons (Fsp3) is 0.348. The quantitative estimate of drug-likeness (QED) is 0.735. The zero-order chi connectivity index (χ0) is 21.2. The Morgan fingerprint density at radius 1 is 1.03 bits per heavy atom. The van der Waals surface area contributed by atoms with Gasteiger partial charge < -0.3 is 9.47 Å². The molecule has 0 aromatic heterocycles. The summed E-state index contributed by atoms with van der Waals surface area (Å²) in [7, 11) is 0. The molecule has 152 valence electrons. The van der Waals surface area contributed by atoms with Gasteiger partial charge in [-0.2, -0.15) is 0 Å². The van der Waals surface area contributed by atoms with Crippen LogP contribution in [0.3, 0.4) is 0 Å². The largest absolute Gasteiger partial charge is 0.460 e. The first kappa shape index (κ1) is 20.6. The van der Waals surface area contributed by atoms with Crippen LogP contribution in [0.15, 0.2) is 60.7 Å². The number of ether oxygens (including phenoxy) is 2. The number of carbonyl (C=O) groups excluding carboxylic acids is 3. The number of hydrogen-bond donors (Lipinski definition) is 0. The highest BCUT2D eigenvalue weighted by atomic mass is 16.6. The fourth-order valence-electron chi connectivity index (χ4n) is 3.34. The molecule has 1 amide bonds. The number of nitrogens with zero attached hydrogens (tertiary/aromatic N) is 1. The molecule has 29 heavy (non-hydrogen) atoms. The van der Waals surface area contributed by atoms with Gasteiger partial charge in [-0.25, -0.2) is 4.79 Å². The minimum Gasteiger partial charge on any atom is -0.460 e. The van der Waals surface area contributed by atoms with Crippen molar-refractivity contribution in [1.29, 1.82) is 0 Å². The van der Waals surface area contributed by atoms with E-state index in [1.54, 1.807) is 82.3 Å². The van der Waals surface area contributed by atoms with Crippen LogP contribution in [0.25, 0.3) is 0 Å². The topological polar surface area (TPSA) is 72.9 Å². The van der Waals surface area contributed by atoms with E-state index in [4.69, 9.17) is 9.47 Å². The molecule has 1 saturated heterocycles. The van der Waals surface area contributed by atoms with Crippen LogP contribution in [0.4, 0.5) is 0 Å². The highest BCUT2D eigenvalue weighted by molar-refractivity contribution is 6.01. The van der Waals surface area contributed by atoms with E-state index in [2.05, 4.69) is 0 Å². The van der Waals surface area contributed by atoms with Crippen molar-refractivity contribution in [1.82, 2.24) is 4.90 Å². The summed E-state index contributed by atoms with van der Waals surface area (Å²) in [5, 5.41) is 0. The van der Waals surface area contributed by atoms with Crippen LogP contribution >= 0.6 is 0 Å². The molecule has 0 aliphatic carbocycles. The Morgan fingerprint density at radius 2 is 1.59 bits per heavy atom. The summed E-state index contributed by atoms with van der Waals surface area (Å²) in [6.45, 7) is 6.79. The maximum Gasteiger partial charge on any atom is 0.334 e. The maximum atomic E-state index is 13.4. The van der Waals surface area contributed by atoms with Gasteiger partial charge in [-0.15, -0.1) is 0 Å². The number of rotatable bonds is 4. The Bertz CT molecular complexity index is 904. The third-order valence-corrected chi connectivity index (χ3v) is 4.66. The molecule has 2 aromatic carbocycles. The van der Waals surface area contributed by atoms with Gasteiger partial charge in [0, 0.05) is 11.1 Å². The van der Waals surface area contributed by atoms with Crippen LogP contribution in [0.5, 0.6) is 0 Å². The number of cyclic esters (lactones) is 1. The first-order chi connectivity index (χ1) is 13.6. The van der Waals surface area contributed by atoms with Gasteiger partial charge in [0.1, 0.15) is 5.60 Å². The van der Waals surface area contributed by atoms with E-state index >= 15 is 0 Å². The lowest BCUT2D eigenvalue weighted by Gasteiger charge is -2.33. The van der Waals surface area contributed by atoms with Gasteiger partial charge in [0.2, 0.25) is 6.23 Å². The molecule has 0 bridgehead atoms. The molecular weight excluding hydrogens is 370 g/mol. The Kier molecular flexibility index (Phi) is 5.46. The summed E-state index contributed by atoms with van der Waals surface area (Å²) < 4.78 is 11.0. The lowest BCUT2D eigenvalue weighted by Crippen LogP contribution is -2.51. The number of hydrogen-bond acceptors (Lipinski definition) is 5.